The Morgan fingerprint density at radius 1 is 1.03 bits per heavy atom. The van der Waals surface area contributed by atoms with Gasteiger partial charge >= 0.3 is 0 Å². The van der Waals surface area contributed by atoms with E-state index in [1.165, 1.54) is 11.1 Å². The first-order chi connectivity index (χ1) is 14.2. The summed E-state index contributed by atoms with van der Waals surface area (Å²) in [4.78, 5) is 4.04. The molecule has 2 heterocycles. The number of H-pyrrole nitrogens is 1. The SMILES string of the molecule is COc1cc2c(cc1OCc1ccncc1)-c1[nH]nc(-c3ccc(Br)cc3)c1C2. The Kier molecular flexibility index (Phi) is 4.56. The molecule has 1 aliphatic rings. The number of nitrogens with one attached hydrogen (secondary N) is 1. The van der Waals surface area contributed by atoms with E-state index in [2.05, 4.69) is 49.3 Å². The Hall–Kier alpha value is -3.12. The summed E-state index contributed by atoms with van der Waals surface area (Å²) in [7, 11) is 1.67. The minimum Gasteiger partial charge on any atom is -0.493 e. The summed E-state index contributed by atoms with van der Waals surface area (Å²) >= 11 is 3.49. The Labute approximate surface area is 176 Å². The van der Waals surface area contributed by atoms with Crippen molar-refractivity contribution in [2.75, 3.05) is 7.11 Å². The van der Waals surface area contributed by atoms with Crippen LogP contribution < -0.4 is 9.47 Å². The summed E-state index contributed by atoms with van der Waals surface area (Å²) in [6.07, 6.45) is 4.34. The summed E-state index contributed by atoms with van der Waals surface area (Å²) < 4.78 is 12.7. The van der Waals surface area contributed by atoms with Crippen LogP contribution in [0.1, 0.15) is 16.7 Å². The van der Waals surface area contributed by atoms with E-state index in [-0.39, 0.29) is 0 Å². The molecule has 144 valence electrons. The Morgan fingerprint density at radius 3 is 2.59 bits per heavy atom. The fourth-order valence-corrected chi connectivity index (χ4v) is 3.95. The van der Waals surface area contributed by atoms with Gasteiger partial charge in [0, 0.05) is 40.0 Å². The van der Waals surface area contributed by atoms with E-state index < -0.39 is 0 Å². The molecule has 29 heavy (non-hydrogen) atoms. The van der Waals surface area contributed by atoms with Crippen molar-refractivity contribution >= 4 is 15.9 Å². The average molecular weight is 448 g/mol. The summed E-state index contributed by atoms with van der Waals surface area (Å²) in [5.74, 6) is 1.46. The highest BCUT2D eigenvalue weighted by atomic mass is 79.9. The third-order valence-electron chi connectivity index (χ3n) is 5.15. The highest BCUT2D eigenvalue weighted by molar-refractivity contribution is 9.10. The van der Waals surface area contributed by atoms with Gasteiger partial charge in [0.05, 0.1) is 18.5 Å². The lowest BCUT2D eigenvalue weighted by molar-refractivity contribution is 0.284. The predicted octanol–water partition coefficient (Wildman–Crippen LogP) is 5.39. The first kappa shape index (κ1) is 17.9. The fourth-order valence-electron chi connectivity index (χ4n) is 3.69. The summed E-state index contributed by atoms with van der Waals surface area (Å²) in [5, 5.41) is 7.81. The molecule has 0 spiro atoms. The standard InChI is InChI=1S/C23H18BrN3O2/c1-28-20-11-16-10-19-22(15-2-4-17(24)5-3-15)26-27-23(19)18(16)12-21(20)29-13-14-6-8-25-9-7-14/h2-9,11-12H,10,13H2,1H3,(H,26,27). The van der Waals surface area contributed by atoms with Gasteiger partial charge in [0.1, 0.15) is 6.61 Å². The van der Waals surface area contributed by atoms with Gasteiger partial charge in [-0.05, 0) is 47.5 Å². The lowest BCUT2D eigenvalue weighted by Gasteiger charge is -2.13. The van der Waals surface area contributed by atoms with E-state index in [0.717, 1.165) is 50.5 Å². The number of hydrogen-bond acceptors (Lipinski definition) is 4. The van der Waals surface area contributed by atoms with Gasteiger partial charge in [0.15, 0.2) is 11.5 Å². The van der Waals surface area contributed by atoms with E-state index in [1.807, 2.05) is 30.3 Å². The second-order valence-corrected chi connectivity index (χ2v) is 7.83. The van der Waals surface area contributed by atoms with Gasteiger partial charge in [0.2, 0.25) is 0 Å². The van der Waals surface area contributed by atoms with Crippen LogP contribution in [0, 0.1) is 0 Å². The van der Waals surface area contributed by atoms with E-state index in [9.17, 15) is 0 Å². The average Bonchev–Trinajstić information content (AvgIpc) is 3.32. The molecule has 0 fully saturated rings. The van der Waals surface area contributed by atoms with Gasteiger partial charge in [-0.1, -0.05) is 28.1 Å². The molecule has 5 nitrogen and oxygen atoms in total. The van der Waals surface area contributed by atoms with E-state index in [4.69, 9.17) is 9.47 Å². The maximum absolute atomic E-state index is 6.07. The first-order valence-corrected chi connectivity index (χ1v) is 10.1. The number of aromatic amines is 1. The van der Waals surface area contributed by atoms with Crippen molar-refractivity contribution < 1.29 is 9.47 Å². The molecule has 2 aromatic carbocycles. The molecule has 0 saturated heterocycles. The zero-order chi connectivity index (χ0) is 19.8. The number of rotatable bonds is 5. The summed E-state index contributed by atoms with van der Waals surface area (Å²) in [6.45, 7) is 0.456. The van der Waals surface area contributed by atoms with Crippen LogP contribution >= 0.6 is 15.9 Å². The van der Waals surface area contributed by atoms with E-state index in [0.29, 0.717) is 6.61 Å². The highest BCUT2D eigenvalue weighted by Crippen LogP contribution is 2.44. The molecule has 0 aliphatic heterocycles. The van der Waals surface area contributed by atoms with Gasteiger partial charge in [0.25, 0.3) is 0 Å². The number of nitrogens with zero attached hydrogens (tertiary/aromatic N) is 2. The van der Waals surface area contributed by atoms with Crippen molar-refractivity contribution in [3.63, 3.8) is 0 Å². The minimum atomic E-state index is 0.456. The Balaban J connectivity index is 1.49. The maximum Gasteiger partial charge on any atom is 0.162 e. The van der Waals surface area contributed by atoms with Crippen LogP contribution in [0.25, 0.3) is 22.5 Å². The fraction of sp³-hybridized carbons (Fsp3) is 0.130. The van der Waals surface area contributed by atoms with Crippen LogP contribution in [-0.2, 0) is 13.0 Å². The van der Waals surface area contributed by atoms with Gasteiger partial charge in [-0.15, -0.1) is 0 Å². The molecule has 1 N–H and O–H groups in total. The van der Waals surface area contributed by atoms with Crippen LogP contribution in [0.2, 0.25) is 0 Å². The van der Waals surface area contributed by atoms with Gasteiger partial charge < -0.3 is 9.47 Å². The number of methoxy groups -OCH3 is 1. The third kappa shape index (κ3) is 3.29. The van der Waals surface area contributed by atoms with Crippen LogP contribution in [0.3, 0.4) is 0 Å². The second kappa shape index (κ2) is 7.37. The van der Waals surface area contributed by atoms with Crippen molar-refractivity contribution in [1.82, 2.24) is 15.2 Å². The monoisotopic (exact) mass is 447 g/mol. The van der Waals surface area contributed by atoms with Crippen LogP contribution in [0.15, 0.2) is 65.4 Å². The Bertz CT molecular complexity index is 1170. The summed E-state index contributed by atoms with van der Waals surface area (Å²) in [5.41, 5.74) is 7.72. The molecule has 4 aromatic rings. The molecule has 6 heteroatoms. The smallest absolute Gasteiger partial charge is 0.162 e. The molecule has 0 radical (unpaired) electrons. The molecule has 2 aromatic heterocycles. The number of aromatic nitrogens is 3. The van der Waals surface area contributed by atoms with Gasteiger partial charge in [-0.25, -0.2) is 0 Å². The molecule has 0 saturated carbocycles. The van der Waals surface area contributed by atoms with Gasteiger partial charge in [-0.3, -0.25) is 10.1 Å². The van der Waals surface area contributed by atoms with Crippen molar-refractivity contribution in [2.45, 2.75) is 13.0 Å². The Morgan fingerprint density at radius 2 is 1.83 bits per heavy atom. The van der Waals surface area contributed by atoms with Gasteiger partial charge in [-0.2, -0.15) is 5.10 Å². The quantitative estimate of drug-likeness (QED) is 0.392. The number of benzene rings is 2. The van der Waals surface area contributed by atoms with Crippen LogP contribution in [-0.4, -0.2) is 22.3 Å². The number of hydrogen-bond donors (Lipinski definition) is 1. The molecule has 1 aliphatic carbocycles. The zero-order valence-corrected chi connectivity index (χ0v) is 17.4. The third-order valence-corrected chi connectivity index (χ3v) is 5.68. The summed E-state index contributed by atoms with van der Waals surface area (Å²) in [6, 6.07) is 16.2. The van der Waals surface area contributed by atoms with E-state index in [1.54, 1.807) is 19.5 Å². The minimum absolute atomic E-state index is 0.456. The normalized spacial score (nSPS) is 11.8. The molecule has 0 atom stereocenters. The lowest BCUT2D eigenvalue weighted by atomic mass is 10.1. The van der Waals surface area contributed by atoms with Crippen molar-refractivity contribution in [3.8, 4) is 34.0 Å². The maximum atomic E-state index is 6.07. The largest absolute Gasteiger partial charge is 0.493 e. The number of halogens is 1. The second-order valence-electron chi connectivity index (χ2n) is 6.91. The van der Waals surface area contributed by atoms with Crippen molar-refractivity contribution in [2.24, 2.45) is 0 Å². The van der Waals surface area contributed by atoms with Crippen LogP contribution in [0.5, 0.6) is 11.5 Å². The topological polar surface area (TPSA) is 60.0 Å². The molecular weight excluding hydrogens is 430 g/mol. The molecule has 0 bridgehead atoms. The molecule has 5 rings (SSSR count). The molecule has 0 unspecified atom stereocenters. The molecule has 0 amide bonds. The number of pyridine rings is 1. The highest BCUT2D eigenvalue weighted by Gasteiger charge is 2.27. The lowest BCUT2D eigenvalue weighted by Crippen LogP contribution is -1.99. The number of fused-ring (bicyclic) bond motifs is 3. The van der Waals surface area contributed by atoms with Crippen molar-refractivity contribution in [3.05, 3.63) is 82.1 Å². The number of ether oxygens (including phenoxy) is 2. The first-order valence-electron chi connectivity index (χ1n) is 9.29. The van der Waals surface area contributed by atoms with E-state index >= 15 is 0 Å². The van der Waals surface area contributed by atoms with Crippen molar-refractivity contribution in [1.29, 1.82) is 0 Å². The zero-order valence-electron chi connectivity index (χ0n) is 15.8. The predicted molar refractivity (Wildman–Crippen MR) is 115 cm³/mol. The van der Waals surface area contributed by atoms with Crippen LogP contribution in [0.4, 0.5) is 0 Å². The molecular formula is C23H18BrN3O2.